The van der Waals surface area contributed by atoms with E-state index in [1.807, 2.05) is 48.5 Å². The zero-order valence-electron chi connectivity index (χ0n) is 21.1. The molecular weight excluding hydrogens is 524 g/mol. The van der Waals surface area contributed by atoms with Gasteiger partial charge in [0.2, 0.25) is 11.8 Å². The average Bonchev–Trinajstić information content (AvgIpc) is 3.24. The number of para-hydroxylation sites is 2. The molecule has 0 saturated carbocycles. The van der Waals surface area contributed by atoms with E-state index in [4.69, 9.17) is 17.3 Å². The first kappa shape index (κ1) is 24.3. The molecule has 1 aliphatic heterocycles. The van der Waals surface area contributed by atoms with Crippen LogP contribution in [0, 0.1) is 11.8 Å². The van der Waals surface area contributed by atoms with Crippen LogP contribution in [0.5, 0.6) is 0 Å². The number of amides is 3. The molecule has 2 bridgehead atoms. The number of nitrogen functional groups attached to an aromatic ring is 1. The fraction of sp³-hybridized carbons (Fsp3) is 0.125. The summed E-state index contributed by atoms with van der Waals surface area (Å²) < 4.78 is 0. The van der Waals surface area contributed by atoms with Gasteiger partial charge in [-0.15, -0.1) is 0 Å². The number of imide groups is 1. The number of anilines is 2. The van der Waals surface area contributed by atoms with Crippen molar-refractivity contribution in [2.24, 2.45) is 16.9 Å². The van der Waals surface area contributed by atoms with Crippen molar-refractivity contribution in [3.05, 3.63) is 130 Å². The van der Waals surface area contributed by atoms with Crippen LogP contribution < -0.4 is 16.1 Å². The van der Waals surface area contributed by atoms with E-state index in [1.165, 1.54) is 4.90 Å². The van der Waals surface area contributed by atoms with E-state index in [0.29, 0.717) is 22.0 Å². The van der Waals surface area contributed by atoms with Crippen molar-refractivity contribution in [2.45, 2.75) is 11.3 Å². The number of hydrogen-bond acceptors (Lipinski definition) is 5. The Morgan fingerprint density at radius 1 is 0.850 bits per heavy atom. The van der Waals surface area contributed by atoms with E-state index < -0.39 is 23.2 Å². The van der Waals surface area contributed by atoms with Gasteiger partial charge in [-0.1, -0.05) is 84.4 Å². The number of hydrogen-bond donors (Lipinski definition) is 2. The highest BCUT2D eigenvalue weighted by atomic mass is 35.5. The van der Waals surface area contributed by atoms with Crippen LogP contribution in [0.25, 0.3) is 0 Å². The summed E-state index contributed by atoms with van der Waals surface area (Å²) in [6.45, 7) is 0. The highest BCUT2D eigenvalue weighted by molar-refractivity contribution is 6.36. The van der Waals surface area contributed by atoms with Gasteiger partial charge in [-0.25, -0.2) is 10.3 Å². The lowest BCUT2D eigenvalue weighted by Crippen LogP contribution is -2.54. The Hall–Kier alpha value is -4.75. The standard InChI is InChI=1S/C32H23ClN4O3/c33-23-14-6-8-16-25(23)37-30(39)27-26-18-9-1-4-12-21(18)32(28(27)31(37)40,22-13-5-2-10-19(22)26)17-35-36-29(38)20-11-3-7-15-24(20)34/h1-17,26-28H,34H2,(H,36,38)/b35-17-. The lowest BCUT2D eigenvalue weighted by molar-refractivity contribution is -0.122. The first-order valence-electron chi connectivity index (χ1n) is 13.0. The fourth-order valence-electron chi connectivity index (χ4n) is 6.88. The highest BCUT2D eigenvalue weighted by Gasteiger charge is 2.68. The van der Waals surface area contributed by atoms with Crippen LogP contribution in [-0.2, 0) is 15.0 Å². The Morgan fingerprint density at radius 3 is 2.12 bits per heavy atom. The topological polar surface area (TPSA) is 105 Å². The van der Waals surface area contributed by atoms with Crippen molar-refractivity contribution in [1.29, 1.82) is 0 Å². The van der Waals surface area contributed by atoms with E-state index in [2.05, 4.69) is 10.5 Å². The maximum absolute atomic E-state index is 14.4. The molecule has 40 heavy (non-hydrogen) atoms. The van der Waals surface area contributed by atoms with E-state index in [1.54, 1.807) is 54.7 Å². The average molecular weight is 547 g/mol. The summed E-state index contributed by atoms with van der Waals surface area (Å²) in [5.41, 5.74) is 12.2. The first-order chi connectivity index (χ1) is 19.4. The van der Waals surface area contributed by atoms with Gasteiger partial charge in [0, 0.05) is 17.8 Å². The Bertz CT molecular complexity index is 1720. The third-order valence-electron chi connectivity index (χ3n) is 8.42. The molecule has 1 heterocycles. The van der Waals surface area contributed by atoms with Crippen LogP contribution in [0.1, 0.15) is 38.5 Å². The van der Waals surface area contributed by atoms with Crippen molar-refractivity contribution in [1.82, 2.24) is 5.43 Å². The van der Waals surface area contributed by atoms with E-state index >= 15 is 0 Å². The lowest BCUT2D eigenvalue weighted by atomic mass is 9.47. The molecular formula is C32H23ClN4O3. The van der Waals surface area contributed by atoms with Crippen LogP contribution in [0.3, 0.4) is 0 Å². The van der Waals surface area contributed by atoms with Gasteiger partial charge < -0.3 is 5.73 Å². The molecule has 8 heteroatoms. The van der Waals surface area contributed by atoms with E-state index in [-0.39, 0.29) is 17.7 Å². The lowest BCUT2D eigenvalue weighted by Gasteiger charge is -2.52. The van der Waals surface area contributed by atoms with E-state index in [0.717, 1.165) is 22.3 Å². The van der Waals surface area contributed by atoms with Gasteiger partial charge in [0.25, 0.3) is 5.91 Å². The summed E-state index contributed by atoms with van der Waals surface area (Å²) >= 11 is 6.49. The van der Waals surface area contributed by atoms with E-state index in [9.17, 15) is 14.4 Å². The molecule has 1 fully saturated rings. The number of hydrazone groups is 1. The van der Waals surface area contributed by atoms with Gasteiger partial charge in [0.05, 0.1) is 33.5 Å². The summed E-state index contributed by atoms with van der Waals surface area (Å²) in [5.74, 6) is -2.87. The van der Waals surface area contributed by atoms with Gasteiger partial charge in [0.1, 0.15) is 0 Å². The smallest absolute Gasteiger partial charge is 0.273 e. The largest absolute Gasteiger partial charge is 0.398 e. The molecule has 8 rings (SSSR count). The molecule has 0 aromatic heterocycles. The van der Waals surface area contributed by atoms with Gasteiger partial charge in [-0.3, -0.25) is 14.4 Å². The number of carbonyl (C=O) groups is 3. The number of nitrogens with two attached hydrogens (primary N) is 1. The Labute approximate surface area is 235 Å². The fourth-order valence-corrected chi connectivity index (χ4v) is 7.10. The molecule has 4 aromatic rings. The van der Waals surface area contributed by atoms with Gasteiger partial charge in [-0.2, -0.15) is 5.10 Å². The van der Waals surface area contributed by atoms with Crippen LogP contribution >= 0.6 is 11.6 Å². The second-order valence-electron chi connectivity index (χ2n) is 10.3. The number of rotatable bonds is 4. The molecule has 7 nitrogen and oxygen atoms in total. The zero-order chi connectivity index (χ0) is 27.6. The van der Waals surface area contributed by atoms with Crippen molar-refractivity contribution in [3.63, 3.8) is 0 Å². The molecule has 196 valence electrons. The molecule has 3 aliphatic carbocycles. The maximum atomic E-state index is 14.4. The molecule has 0 radical (unpaired) electrons. The van der Waals surface area contributed by atoms with Gasteiger partial charge in [-0.05, 0) is 46.5 Å². The summed E-state index contributed by atoms with van der Waals surface area (Å²) in [4.78, 5) is 42.7. The molecule has 2 atom stereocenters. The molecule has 3 amide bonds. The van der Waals surface area contributed by atoms with Gasteiger partial charge >= 0.3 is 0 Å². The van der Waals surface area contributed by atoms with Crippen LogP contribution in [0.2, 0.25) is 5.02 Å². The predicted molar refractivity (Wildman–Crippen MR) is 153 cm³/mol. The number of nitrogens with zero attached hydrogens (tertiary/aromatic N) is 2. The second kappa shape index (κ2) is 8.89. The predicted octanol–water partition coefficient (Wildman–Crippen LogP) is 4.89. The van der Waals surface area contributed by atoms with Crippen molar-refractivity contribution in [2.75, 3.05) is 10.6 Å². The summed E-state index contributed by atoms with van der Waals surface area (Å²) in [5, 5.41) is 4.74. The quantitative estimate of drug-likeness (QED) is 0.164. The summed E-state index contributed by atoms with van der Waals surface area (Å²) in [6, 6.07) is 29.3. The minimum Gasteiger partial charge on any atom is -0.398 e. The SMILES string of the molecule is Nc1ccccc1C(=O)N/N=C\C12c3ccccc3C(c3ccccc31)C1C(=O)N(c3ccccc3Cl)C(=O)C12. The molecule has 4 aromatic carbocycles. The van der Waals surface area contributed by atoms with Crippen molar-refractivity contribution < 1.29 is 14.4 Å². The first-order valence-corrected chi connectivity index (χ1v) is 13.3. The number of nitrogens with one attached hydrogen (secondary N) is 1. The Morgan fingerprint density at radius 2 is 1.45 bits per heavy atom. The molecule has 3 N–H and O–H groups in total. The molecule has 0 spiro atoms. The normalized spacial score (nSPS) is 24.1. The summed E-state index contributed by atoms with van der Waals surface area (Å²) in [6.07, 6.45) is 1.62. The molecule has 4 aliphatic rings. The third-order valence-corrected chi connectivity index (χ3v) is 8.74. The Balaban J connectivity index is 1.42. The molecule has 1 saturated heterocycles. The summed E-state index contributed by atoms with van der Waals surface area (Å²) in [7, 11) is 0. The van der Waals surface area contributed by atoms with Crippen LogP contribution in [0.4, 0.5) is 11.4 Å². The molecule has 2 unspecified atom stereocenters. The Kier molecular flexibility index (Phi) is 5.40. The van der Waals surface area contributed by atoms with Crippen molar-refractivity contribution in [3.8, 4) is 0 Å². The van der Waals surface area contributed by atoms with Crippen molar-refractivity contribution >= 4 is 46.9 Å². The minimum absolute atomic E-state index is 0.292. The highest BCUT2D eigenvalue weighted by Crippen LogP contribution is 2.63. The number of halogens is 1. The van der Waals surface area contributed by atoms with Crippen LogP contribution in [0.15, 0.2) is 102 Å². The monoisotopic (exact) mass is 546 g/mol. The number of carbonyl (C=O) groups excluding carboxylic acids is 3. The third kappa shape index (κ3) is 3.18. The van der Waals surface area contributed by atoms with Crippen LogP contribution in [-0.4, -0.2) is 23.9 Å². The maximum Gasteiger partial charge on any atom is 0.273 e. The zero-order valence-corrected chi connectivity index (χ0v) is 21.9. The number of benzene rings is 4. The minimum atomic E-state index is -1.11. The second-order valence-corrected chi connectivity index (χ2v) is 10.7. The van der Waals surface area contributed by atoms with Gasteiger partial charge in [0.15, 0.2) is 0 Å².